The molecule has 22 heavy (non-hydrogen) atoms. The van der Waals surface area contributed by atoms with Crippen molar-refractivity contribution < 1.29 is 12.4 Å². The van der Waals surface area contributed by atoms with Gasteiger partial charge in [0.1, 0.15) is 0 Å². The van der Waals surface area contributed by atoms with Gasteiger partial charge < -0.3 is 28.0 Å². The van der Waals surface area contributed by atoms with E-state index in [4.69, 9.17) is 5.73 Å². The normalized spacial score (nSPS) is 12.0. The van der Waals surface area contributed by atoms with Gasteiger partial charge in [0, 0.05) is 49.3 Å². The first-order chi connectivity index (χ1) is 10.2. The van der Waals surface area contributed by atoms with Crippen LogP contribution < -0.4 is 23.0 Å². The highest BCUT2D eigenvalue weighted by Crippen LogP contribution is 2.30. The molecule has 1 atom stereocenters. The van der Waals surface area contributed by atoms with Crippen LogP contribution in [-0.2, 0) is 0 Å². The standard InChI is InChI=1S/C18H21N3.ClH/c1-21(2)14-9-7-13(8-10-14)16(11-19)17-12-20-18-6-4-3-5-15(17)18;/h3-10,12,16,20H,11,19H2,1-2H3;1H/p-1. The maximum atomic E-state index is 6.06. The molecule has 0 saturated heterocycles. The molecule has 1 heterocycles. The fourth-order valence-electron chi connectivity index (χ4n) is 2.83. The Labute approximate surface area is 137 Å². The van der Waals surface area contributed by atoms with E-state index in [2.05, 4.69) is 72.6 Å². The summed E-state index contributed by atoms with van der Waals surface area (Å²) in [6.07, 6.45) is 2.09. The Morgan fingerprint density at radius 1 is 1.05 bits per heavy atom. The smallest absolute Gasteiger partial charge is 0.0457 e. The summed E-state index contributed by atoms with van der Waals surface area (Å²) in [5.74, 6) is 0.220. The number of nitrogens with zero attached hydrogens (tertiary/aromatic N) is 1. The Morgan fingerprint density at radius 2 is 1.73 bits per heavy atom. The quantitative estimate of drug-likeness (QED) is 0.729. The van der Waals surface area contributed by atoms with Crippen molar-refractivity contribution in [3.63, 3.8) is 0 Å². The molecule has 3 aromatic rings. The van der Waals surface area contributed by atoms with Crippen LogP contribution >= 0.6 is 0 Å². The second-order valence-corrected chi connectivity index (χ2v) is 5.56. The number of nitrogens with one attached hydrogen (secondary N) is 1. The molecule has 0 fully saturated rings. The zero-order valence-electron chi connectivity index (χ0n) is 12.9. The van der Waals surface area contributed by atoms with Gasteiger partial charge in [-0.1, -0.05) is 30.3 Å². The lowest BCUT2D eigenvalue weighted by molar-refractivity contribution is -0.00000435. The van der Waals surface area contributed by atoms with Gasteiger partial charge in [-0.05, 0) is 29.3 Å². The largest absolute Gasteiger partial charge is 1.00 e. The first kappa shape index (κ1) is 16.4. The topological polar surface area (TPSA) is 45.0 Å². The predicted octanol–water partition coefficient (Wildman–Crippen LogP) is 0.329. The van der Waals surface area contributed by atoms with E-state index >= 15 is 0 Å². The summed E-state index contributed by atoms with van der Waals surface area (Å²) in [5, 5.41) is 1.25. The van der Waals surface area contributed by atoms with Gasteiger partial charge in [0.25, 0.3) is 0 Å². The van der Waals surface area contributed by atoms with E-state index in [-0.39, 0.29) is 18.3 Å². The van der Waals surface area contributed by atoms with Crippen molar-refractivity contribution in [2.45, 2.75) is 5.92 Å². The van der Waals surface area contributed by atoms with Gasteiger partial charge in [-0.2, -0.15) is 0 Å². The van der Waals surface area contributed by atoms with Gasteiger partial charge in [-0.15, -0.1) is 0 Å². The van der Waals surface area contributed by atoms with Crippen LogP contribution in [0.4, 0.5) is 5.69 Å². The number of hydrogen-bond acceptors (Lipinski definition) is 2. The molecule has 3 rings (SSSR count). The molecule has 0 aliphatic rings. The number of nitrogens with two attached hydrogens (primary N) is 1. The number of rotatable bonds is 4. The number of para-hydroxylation sites is 1. The number of hydrogen-bond donors (Lipinski definition) is 2. The Kier molecular flexibility index (Phi) is 5.11. The minimum absolute atomic E-state index is 0. The third-order valence-corrected chi connectivity index (χ3v) is 4.04. The van der Waals surface area contributed by atoms with Gasteiger partial charge in [0.15, 0.2) is 0 Å². The lowest BCUT2D eigenvalue weighted by Gasteiger charge is -2.17. The average Bonchev–Trinajstić information content (AvgIpc) is 2.93. The fourth-order valence-corrected chi connectivity index (χ4v) is 2.83. The minimum atomic E-state index is 0. The number of H-pyrrole nitrogens is 1. The molecule has 3 nitrogen and oxygen atoms in total. The van der Waals surface area contributed by atoms with Crippen LogP contribution in [0.25, 0.3) is 10.9 Å². The second kappa shape index (κ2) is 6.86. The molecule has 116 valence electrons. The first-order valence-electron chi connectivity index (χ1n) is 7.24. The summed E-state index contributed by atoms with van der Waals surface area (Å²) in [5.41, 5.74) is 11.0. The average molecular weight is 315 g/mol. The molecule has 0 spiro atoms. The van der Waals surface area contributed by atoms with Gasteiger partial charge in [0.05, 0.1) is 0 Å². The van der Waals surface area contributed by atoms with E-state index in [1.165, 1.54) is 22.2 Å². The zero-order chi connectivity index (χ0) is 14.8. The van der Waals surface area contributed by atoms with Gasteiger partial charge in [-0.25, -0.2) is 0 Å². The number of benzene rings is 2. The lowest BCUT2D eigenvalue weighted by Crippen LogP contribution is -3.00. The van der Waals surface area contributed by atoms with Gasteiger partial charge >= 0.3 is 0 Å². The lowest BCUT2D eigenvalue weighted by atomic mass is 9.91. The maximum Gasteiger partial charge on any atom is 0.0457 e. The van der Waals surface area contributed by atoms with E-state index in [0.29, 0.717) is 6.54 Å². The summed E-state index contributed by atoms with van der Waals surface area (Å²) in [4.78, 5) is 5.44. The molecule has 0 aliphatic heterocycles. The van der Waals surface area contributed by atoms with Gasteiger partial charge in [0.2, 0.25) is 0 Å². The summed E-state index contributed by atoms with van der Waals surface area (Å²) in [6, 6.07) is 17.0. The van der Waals surface area contributed by atoms with Crippen molar-refractivity contribution in [1.29, 1.82) is 0 Å². The summed E-state index contributed by atoms with van der Waals surface area (Å²) in [6.45, 7) is 0.600. The van der Waals surface area contributed by atoms with Crippen molar-refractivity contribution in [3.8, 4) is 0 Å². The number of halogens is 1. The molecular formula is C18H21ClN3-. The van der Waals surface area contributed by atoms with Crippen molar-refractivity contribution in [2.24, 2.45) is 5.73 Å². The summed E-state index contributed by atoms with van der Waals surface area (Å²) in [7, 11) is 4.10. The molecule has 0 amide bonds. The SMILES string of the molecule is CN(C)c1ccc(C(CN)c2c[nH]c3ccccc23)cc1.[Cl-]. The zero-order valence-corrected chi connectivity index (χ0v) is 13.6. The predicted molar refractivity (Wildman–Crippen MR) is 90.0 cm³/mol. The number of aromatic amines is 1. The molecule has 0 aliphatic carbocycles. The molecule has 2 aromatic carbocycles. The molecule has 4 heteroatoms. The van der Waals surface area contributed by atoms with Crippen LogP contribution in [0.5, 0.6) is 0 Å². The van der Waals surface area contributed by atoms with Crippen LogP contribution in [-0.4, -0.2) is 25.6 Å². The Balaban J connectivity index is 0.00000176. The second-order valence-electron chi connectivity index (χ2n) is 5.56. The Bertz CT molecular complexity index is 731. The fraction of sp³-hybridized carbons (Fsp3) is 0.222. The number of fused-ring (bicyclic) bond motifs is 1. The number of anilines is 1. The number of aromatic nitrogens is 1. The van der Waals surface area contributed by atoms with Crippen LogP contribution in [0.15, 0.2) is 54.7 Å². The molecule has 0 bridgehead atoms. The third-order valence-electron chi connectivity index (χ3n) is 4.04. The molecule has 1 aromatic heterocycles. The van der Waals surface area contributed by atoms with Gasteiger partial charge in [-0.3, -0.25) is 0 Å². The minimum Gasteiger partial charge on any atom is -1.00 e. The summed E-state index contributed by atoms with van der Waals surface area (Å²) < 4.78 is 0. The third kappa shape index (κ3) is 2.96. The van der Waals surface area contributed by atoms with Crippen molar-refractivity contribution >= 4 is 16.6 Å². The van der Waals surface area contributed by atoms with E-state index in [0.717, 1.165) is 5.52 Å². The van der Waals surface area contributed by atoms with E-state index in [9.17, 15) is 0 Å². The van der Waals surface area contributed by atoms with Crippen LogP contribution in [0.3, 0.4) is 0 Å². The first-order valence-corrected chi connectivity index (χ1v) is 7.24. The monoisotopic (exact) mass is 314 g/mol. The summed E-state index contributed by atoms with van der Waals surface area (Å²) >= 11 is 0. The Morgan fingerprint density at radius 3 is 2.36 bits per heavy atom. The van der Waals surface area contributed by atoms with Crippen molar-refractivity contribution in [2.75, 3.05) is 25.5 Å². The highest BCUT2D eigenvalue weighted by molar-refractivity contribution is 5.84. The van der Waals surface area contributed by atoms with E-state index in [1.54, 1.807) is 0 Å². The molecule has 1 unspecified atom stereocenters. The van der Waals surface area contributed by atoms with Crippen molar-refractivity contribution in [3.05, 3.63) is 65.9 Å². The van der Waals surface area contributed by atoms with Crippen molar-refractivity contribution in [1.82, 2.24) is 4.98 Å². The van der Waals surface area contributed by atoms with E-state index in [1.807, 2.05) is 6.07 Å². The van der Waals surface area contributed by atoms with Crippen LogP contribution in [0, 0.1) is 0 Å². The maximum absolute atomic E-state index is 6.06. The molecule has 0 radical (unpaired) electrons. The molecule has 3 N–H and O–H groups in total. The van der Waals surface area contributed by atoms with E-state index < -0.39 is 0 Å². The van der Waals surface area contributed by atoms with Crippen LogP contribution in [0.2, 0.25) is 0 Å². The molecule has 0 saturated carbocycles. The molecular weight excluding hydrogens is 294 g/mol. The Hall–Kier alpha value is -1.97. The highest BCUT2D eigenvalue weighted by atomic mass is 35.5. The highest BCUT2D eigenvalue weighted by Gasteiger charge is 2.16. The van der Waals surface area contributed by atoms with Crippen LogP contribution in [0.1, 0.15) is 17.0 Å².